The van der Waals surface area contributed by atoms with Gasteiger partial charge in [-0.2, -0.15) is 0 Å². The zero-order valence-corrected chi connectivity index (χ0v) is 14.0. The molecule has 0 radical (unpaired) electrons. The lowest BCUT2D eigenvalue weighted by Gasteiger charge is -2.36. The fraction of sp³-hybridized carbons (Fsp3) is 0.625. The standard InChI is InChI=1S/C16H25BrN2O/c1-3-15(18)16(12-4-6-13(17)7-5-12)19(10-11-20-2)14-8-9-14/h4-7,14-16H,3,8-11,18H2,1-2H3. The van der Waals surface area contributed by atoms with Gasteiger partial charge in [-0.25, -0.2) is 0 Å². The van der Waals surface area contributed by atoms with E-state index in [-0.39, 0.29) is 12.1 Å². The van der Waals surface area contributed by atoms with Crippen molar-refractivity contribution in [3.05, 3.63) is 34.3 Å². The van der Waals surface area contributed by atoms with Crippen LogP contribution >= 0.6 is 15.9 Å². The number of nitrogens with zero attached hydrogens (tertiary/aromatic N) is 1. The van der Waals surface area contributed by atoms with Crippen molar-refractivity contribution in [2.24, 2.45) is 5.73 Å². The molecule has 2 atom stereocenters. The van der Waals surface area contributed by atoms with Crippen LogP contribution in [0.2, 0.25) is 0 Å². The van der Waals surface area contributed by atoms with Crippen LogP contribution in [0.5, 0.6) is 0 Å². The zero-order valence-electron chi connectivity index (χ0n) is 12.4. The molecule has 0 bridgehead atoms. The zero-order chi connectivity index (χ0) is 14.5. The molecule has 1 saturated carbocycles. The third kappa shape index (κ3) is 4.04. The number of methoxy groups -OCH3 is 1. The average molecular weight is 341 g/mol. The van der Waals surface area contributed by atoms with E-state index in [2.05, 4.69) is 52.0 Å². The highest BCUT2D eigenvalue weighted by Gasteiger charge is 2.36. The Morgan fingerprint density at radius 2 is 2.00 bits per heavy atom. The quantitative estimate of drug-likeness (QED) is 0.788. The summed E-state index contributed by atoms with van der Waals surface area (Å²) >= 11 is 3.50. The van der Waals surface area contributed by atoms with Gasteiger partial charge in [0.25, 0.3) is 0 Å². The van der Waals surface area contributed by atoms with Gasteiger partial charge in [0, 0.05) is 30.2 Å². The number of hydrogen-bond donors (Lipinski definition) is 1. The molecule has 0 heterocycles. The number of hydrogen-bond acceptors (Lipinski definition) is 3. The average Bonchev–Trinajstić information content (AvgIpc) is 3.28. The fourth-order valence-corrected chi connectivity index (χ4v) is 2.98. The maximum absolute atomic E-state index is 6.43. The van der Waals surface area contributed by atoms with Crippen LogP contribution in [0.15, 0.2) is 28.7 Å². The minimum Gasteiger partial charge on any atom is -0.383 e. The van der Waals surface area contributed by atoms with Gasteiger partial charge in [-0.3, -0.25) is 4.90 Å². The van der Waals surface area contributed by atoms with E-state index in [1.807, 2.05) is 0 Å². The first-order chi connectivity index (χ1) is 9.67. The molecule has 0 saturated heterocycles. The number of ether oxygens (including phenoxy) is 1. The third-order valence-electron chi connectivity index (χ3n) is 4.02. The smallest absolute Gasteiger partial charge is 0.0590 e. The summed E-state index contributed by atoms with van der Waals surface area (Å²) in [5.74, 6) is 0. The summed E-state index contributed by atoms with van der Waals surface area (Å²) in [7, 11) is 1.76. The molecule has 1 aromatic rings. The van der Waals surface area contributed by atoms with Gasteiger partial charge in [-0.1, -0.05) is 35.0 Å². The SMILES string of the molecule is CCC(N)C(c1ccc(Br)cc1)N(CCOC)C1CC1. The van der Waals surface area contributed by atoms with Gasteiger partial charge in [0.1, 0.15) is 0 Å². The lowest BCUT2D eigenvalue weighted by atomic mass is 9.96. The second kappa shape index (κ2) is 7.55. The van der Waals surface area contributed by atoms with Gasteiger partial charge in [-0.15, -0.1) is 0 Å². The Hall–Kier alpha value is -0.420. The molecule has 3 nitrogen and oxygen atoms in total. The minimum absolute atomic E-state index is 0.161. The van der Waals surface area contributed by atoms with Crippen molar-refractivity contribution >= 4 is 15.9 Å². The Labute approximate surface area is 130 Å². The van der Waals surface area contributed by atoms with Crippen molar-refractivity contribution in [1.29, 1.82) is 0 Å². The summed E-state index contributed by atoms with van der Waals surface area (Å²) in [6, 6.07) is 9.71. The molecule has 20 heavy (non-hydrogen) atoms. The first kappa shape index (κ1) is 16.0. The van der Waals surface area contributed by atoms with E-state index in [4.69, 9.17) is 10.5 Å². The number of benzene rings is 1. The van der Waals surface area contributed by atoms with E-state index in [1.54, 1.807) is 7.11 Å². The molecule has 1 aromatic carbocycles. The van der Waals surface area contributed by atoms with E-state index < -0.39 is 0 Å². The molecule has 0 aromatic heterocycles. The van der Waals surface area contributed by atoms with Crippen molar-refractivity contribution in [3.8, 4) is 0 Å². The molecular weight excluding hydrogens is 316 g/mol. The highest BCUT2D eigenvalue weighted by atomic mass is 79.9. The molecule has 1 fully saturated rings. The Morgan fingerprint density at radius 1 is 1.35 bits per heavy atom. The Balaban J connectivity index is 2.22. The molecular formula is C16H25BrN2O. The van der Waals surface area contributed by atoms with E-state index in [1.165, 1.54) is 18.4 Å². The van der Waals surface area contributed by atoms with Gasteiger partial charge in [0.05, 0.1) is 12.6 Å². The Kier molecular flexibility index (Phi) is 6.02. The van der Waals surface area contributed by atoms with Crippen molar-refractivity contribution in [1.82, 2.24) is 4.90 Å². The van der Waals surface area contributed by atoms with Crippen LogP contribution in [-0.2, 0) is 4.74 Å². The lowest BCUT2D eigenvalue weighted by Crippen LogP contribution is -2.43. The summed E-state index contributed by atoms with van der Waals surface area (Å²) in [4.78, 5) is 2.54. The van der Waals surface area contributed by atoms with E-state index in [9.17, 15) is 0 Å². The predicted molar refractivity (Wildman–Crippen MR) is 86.8 cm³/mol. The van der Waals surface area contributed by atoms with Crippen LogP contribution in [0.3, 0.4) is 0 Å². The number of rotatable bonds is 8. The van der Waals surface area contributed by atoms with E-state index in [0.29, 0.717) is 6.04 Å². The molecule has 2 unspecified atom stereocenters. The lowest BCUT2D eigenvalue weighted by molar-refractivity contribution is 0.101. The van der Waals surface area contributed by atoms with Gasteiger partial charge in [-0.05, 0) is 37.0 Å². The summed E-state index contributed by atoms with van der Waals surface area (Å²) < 4.78 is 6.39. The first-order valence-corrected chi connectivity index (χ1v) is 8.22. The largest absolute Gasteiger partial charge is 0.383 e. The predicted octanol–water partition coefficient (Wildman–Crippen LogP) is 3.34. The van der Waals surface area contributed by atoms with Crippen molar-refractivity contribution in [2.45, 2.75) is 44.3 Å². The van der Waals surface area contributed by atoms with Crippen LogP contribution in [-0.4, -0.2) is 37.2 Å². The van der Waals surface area contributed by atoms with Crippen molar-refractivity contribution in [2.75, 3.05) is 20.3 Å². The maximum atomic E-state index is 6.43. The minimum atomic E-state index is 0.161. The van der Waals surface area contributed by atoms with Gasteiger partial charge in [0.2, 0.25) is 0 Å². The Morgan fingerprint density at radius 3 is 2.50 bits per heavy atom. The maximum Gasteiger partial charge on any atom is 0.0590 e. The number of nitrogens with two attached hydrogens (primary N) is 1. The van der Waals surface area contributed by atoms with Gasteiger partial charge < -0.3 is 10.5 Å². The van der Waals surface area contributed by atoms with Gasteiger partial charge >= 0.3 is 0 Å². The van der Waals surface area contributed by atoms with Crippen LogP contribution in [0.4, 0.5) is 0 Å². The summed E-state index contributed by atoms with van der Waals surface area (Å²) in [6.07, 6.45) is 3.55. The Bertz CT molecular complexity index is 405. The molecule has 1 aliphatic rings. The first-order valence-electron chi connectivity index (χ1n) is 7.43. The molecule has 112 valence electrons. The third-order valence-corrected chi connectivity index (χ3v) is 4.54. The summed E-state index contributed by atoms with van der Waals surface area (Å²) in [6.45, 7) is 3.88. The highest BCUT2D eigenvalue weighted by molar-refractivity contribution is 9.10. The van der Waals surface area contributed by atoms with Gasteiger partial charge in [0.15, 0.2) is 0 Å². The topological polar surface area (TPSA) is 38.5 Å². The van der Waals surface area contributed by atoms with Crippen LogP contribution in [0.1, 0.15) is 37.8 Å². The number of halogens is 1. The van der Waals surface area contributed by atoms with E-state index >= 15 is 0 Å². The van der Waals surface area contributed by atoms with Crippen LogP contribution in [0.25, 0.3) is 0 Å². The molecule has 0 aliphatic heterocycles. The van der Waals surface area contributed by atoms with Crippen molar-refractivity contribution in [3.63, 3.8) is 0 Å². The molecule has 1 aliphatic carbocycles. The normalized spacial score (nSPS) is 18.2. The second-order valence-corrected chi connectivity index (χ2v) is 6.45. The second-order valence-electron chi connectivity index (χ2n) is 5.53. The summed E-state index contributed by atoms with van der Waals surface area (Å²) in [5.41, 5.74) is 7.74. The summed E-state index contributed by atoms with van der Waals surface area (Å²) in [5, 5.41) is 0. The highest BCUT2D eigenvalue weighted by Crippen LogP contribution is 2.36. The molecule has 4 heteroatoms. The fourth-order valence-electron chi connectivity index (χ4n) is 2.72. The molecule has 0 amide bonds. The molecule has 2 N–H and O–H groups in total. The van der Waals surface area contributed by atoms with Crippen molar-refractivity contribution < 1.29 is 4.74 Å². The molecule has 2 rings (SSSR count). The van der Waals surface area contributed by atoms with Crippen LogP contribution in [0, 0.1) is 0 Å². The molecule has 0 spiro atoms. The van der Waals surface area contributed by atoms with E-state index in [0.717, 1.165) is 24.0 Å². The van der Waals surface area contributed by atoms with Crippen LogP contribution < -0.4 is 5.73 Å². The monoisotopic (exact) mass is 340 g/mol.